The van der Waals surface area contributed by atoms with Crippen molar-refractivity contribution < 1.29 is 65.2 Å². The fourth-order valence-corrected chi connectivity index (χ4v) is 10.2. The van der Waals surface area contributed by atoms with Crippen LogP contribution in [0.25, 0.3) is 0 Å². The molecule has 4 atom stereocenters. The third-order valence-corrected chi connectivity index (χ3v) is 14.3. The van der Waals surface area contributed by atoms with Crippen molar-refractivity contribution in [2.75, 3.05) is 49.3 Å². The molecule has 14 nitrogen and oxygen atoms in total. The Kier molecular flexibility index (Phi) is 19.9. The molecule has 4 amide bonds. The first kappa shape index (κ1) is 58.8. The number of halogens is 6. The number of unbranched alkanes of at least 4 members (excludes halogenated alkanes) is 9. The average molecular weight is 1070 g/mol. The lowest BCUT2D eigenvalue weighted by Gasteiger charge is -2.54. The van der Waals surface area contributed by atoms with Gasteiger partial charge >= 0.3 is 36.4 Å². The van der Waals surface area contributed by atoms with Crippen LogP contribution in [0.15, 0.2) is 108 Å². The molecule has 6 rings (SSSR count). The highest BCUT2D eigenvalue weighted by atomic mass is 19.4. The summed E-state index contributed by atoms with van der Waals surface area (Å²) in [5.74, 6) is -1.64. The summed E-state index contributed by atoms with van der Waals surface area (Å²) in [4.78, 5) is 62.3. The molecule has 3 unspecified atom stereocenters. The van der Waals surface area contributed by atoms with E-state index in [4.69, 9.17) is 9.47 Å². The van der Waals surface area contributed by atoms with E-state index in [0.717, 1.165) is 67.7 Å². The molecule has 0 radical (unpaired) electrons. The minimum Gasteiger partial charge on any atom is -0.463 e. The molecule has 0 saturated carbocycles. The summed E-state index contributed by atoms with van der Waals surface area (Å²) in [6.45, 7) is 3.15. The molecular weight excluding hydrogens is 1010 g/mol. The second kappa shape index (κ2) is 26.1. The smallest absolute Gasteiger partial charge is 0.416 e. The molecule has 20 heteroatoms. The number of aliphatic hydroxyl groups is 2. The number of carbonyl (C=O) groups is 4. The zero-order chi connectivity index (χ0) is 56.1. The number of nitrogens with zero attached hydrogens (tertiary/aromatic N) is 6. The van der Waals surface area contributed by atoms with Gasteiger partial charge in [0.25, 0.3) is 0 Å². The van der Waals surface area contributed by atoms with Crippen molar-refractivity contribution in [1.82, 2.24) is 9.80 Å². The Morgan fingerprint density at radius 3 is 1.58 bits per heavy atom. The molecule has 2 N–H and O–H groups in total. The van der Waals surface area contributed by atoms with Gasteiger partial charge in [-0.25, -0.2) is 14.4 Å². The van der Waals surface area contributed by atoms with Gasteiger partial charge in [0.1, 0.15) is 18.6 Å². The number of hydrogen-bond donors (Lipinski definition) is 2. The van der Waals surface area contributed by atoms with E-state index in [1.165, 1.54) is 58.0 Å². The standard InChI is InChI=1S/C57H62F6N6O8/c1-38-48(51(72)76-32-30-70)49(42-24-20-40(36-64)21-25-42)66(53(74)68(38)46-18-14-16-44(34-46)56(58,59)60)28-12-10-8-6-4-5-7-9-11-13-29-67-50(43-26-22-41(37-65)23-27-43)55(3,52(73)77-33-31-71)39(2)69(54(67)75)47-19-15-17-45(35-47)57(61,62)63/h14-27,34-35,39,49-50,70-71H,4-13,28-33H2,1-3H3/t39?,49?,50?,55-/m0/s1. The Balaban J connectivity index is 1.10. The summed E-state index contributed by atoms with van der Waals surface area (Å²) in [5.41, 5.74) is -2.05. The number of ether oxygens (including phenoxy) is 2. The summed E-state index contributed by atoms with van der Waals surface area (Å²) in [5, 5.41) is 38.0. The molecule has 2 aliphatic heterocycles. The van der Waals surface area contributed by atoms with E-state index in [2.05, 4.69) is 6.07 Å². The number of nitriles is 2. The number of allylic oxidation sites excluding steroid dienone is 1. The van der Waals surface area contributed by atoms with Crippen molar-refractivity contribution in [3.8, 4) is 12.1 Å². The quantitative estimate of drug-likeness (QED) is 0.0411. The normalized spacial score (nSPS) is 19.1. The van der Waals surface area contributed by atoms with Crippen molar-refractivity contribution in [3.63, 3.8) is 0 Å². The molecule has 0 aromatic heterocycles. The highest BCUT2D eigenvalue weighted by molar-refractivity contribution is 6.03. The molecule has 1 saturated heterocycles. The van der Waals surface area contributed by atoms with Gasteiger partial charge in [-0.1, -0.05) is 87.8 Å². The summed E-state index contributed by atoms with van der Waals surface area (Å²) >= 11 is 0. The Labute approximate surface area is 443 Å². The number of urea groups is 2. The second-order valence-electron chi connectivity index (χ2n) is 19.2. The monoisotopic (exact) mass is 1070 g/mol. The van der Waals surface area contributed by atoms with Crippen molar-refractivity contribution in [3.05, 3.63) is 142 Å². The number of benzene rings is 4. The molecule has 2 heterocycles. The fourth-order valence-electron chi connectivity index (χ4n) is 10.2. The van der Waals surface area contributed by atoms with Gasteiger partial charge in [0.05, 0.1) is 77.0 Å². The lowest BCUT2D eigenvalue weighted by Crippen LogP contribution is -2.66. The van der Waals surface area contributed by atoms with E-state index >= 15 is 0 Å². The average Bonchev–Trinajstić information content (AvgIpc) is 3.45. The van der Waals surface area contributed by atoms with Crippen LogP contribution in [0.4, 0.5) is 47.3 Å². The number of anilines is 2. The zero-order valence-corrected chi connectivity index (χ0v) is 43.1. The van der Waals surface area contributed by atoms with Crippen LogP contribution in [0, 0.1) is 28.1 Å². The minimum absolute atomic E-state index is 0.0158. The van der Waals surface area contributed by atoms with Crippen LogP contribution in [-0.2, 0) is 31.4 Å². The van der Waals surface area contributed by atoms with E-state index in [0.29, 0.717) is 47.9 Å². The maximum Gasteiger partial charge on any atom is 0.416 e. The molecule has 1 fully saturated rings. The lowest BCUT2D eigenvalue weighted by atomic mass is 9.70. The highest BCUT2D eigenvalue weighted by Crippen LogP contribution is 2.50. The van der Waals surface area contributed by atoms with Crippen molar-refractivity contribution >= 4 is 35.4 Å². The molecule has 2 aliphatic rings. The zero-order valence-electron chi connectivity index (χ0n) is 43.1. The summed E-state index contributed by atoms with van der Waals surface area (Å²) in [6, 6.07) is 21.0. The number of carbonyl (C=O) groups excluding carboxylic acids is 4. The van der Waals surface area contributed by atoms with E-state index in [9.17, 15) is 66.3 Å². The Bertz CT molecular complexity index is 2830. The maximum absolute atomic E-state index is 14.7. The van der Waals surface area contributed by atoms with Crippen LogP contribution < -0.4 is 9.80 Å². The molecule has 0 bridgehead atoms. The molecule has 4 aromatic carbocycles. The fraction of sp³-hybridized carbons (Fsp3) is 0.439. The number of hydrogen-bond acceptors (Lipinski definition) is 10. The van der Waals surface area contributed by atoms with Gasteiger partial charge < -0.3 is 29.5 Å². The Morgan fingerprint density at radius 1 is 0.636 bits per heavy atom. The SMILES string of the molecule is CC1=C(C(=O)OCCO)C(c2ccc(C#N)cc2)N(CCCCCCCCCCCCN2C(=O)N(c3cccc(C(F)(F)F)c3)C(C)[C@](C)(C(=O)OCCO)C2c2ccc(C#N)cc2)C(=O)N1c1cccc(C(F)(F)F)c1. The molecule has 4 aromatic rings. The summed E-state index contributed by atoms with van der Waals surface area (Å²) in [6.07, 6.45) is -2.20. The predicted octanol–water partition coefficient (Wildman–Crippen LogP) is 11.8. The number of rotatable bonds is 23. The second-order valence-corrected chi connectivity index (χ2v) is 19.2. The third kappa shape index (κ3) is 13.6. The third-order valence-electron chi connectivity index (χ3n) is 14.3. The first-order chi connectivity index (χ1) is 36.7. The summed E-state index contributed by atoms with van der Waals surface area (Å²) < 4.78 is 94.5. The first-order valence-electron chi connectivity index (χ1n) is 25.5. The van der Waals surface area contributed by atoms with E-state index in [1.54, 1.807) is 50.2 Å². The topological polar surface area (TPSA) is 188 Å². The Hall–Kier alpha value is -7.42. The van der Waals surface area contributed by atoms with Crippen LogP contribution in [0.5, 0.6) is 0 Å². The number of aliphatic hydroxyl groups excluding tert-OH is 2. The molecule has 77 heavy (non-hydrogen) atoms. The minimum atomic E-state index is -4.72. The van der Waals surface area contributed by atoms with E-state index in [-0.39, 0.29) is 48.9 Å². The van der Waals surface area contributed by atoms with Crippen molar-refractivity contribution in [2.24, 2.45) is 5.41 Å². The highest BCUT2D eigenvalue weighted by Gasteiger charge is 2.59. The van der Waals surface area contributed by atoms with Gasteiger partial charge in [-0.3, -0.25) is 14.6 Å². The van der Waals surface area contributed by atoms with Gasteiger partial charge in [0.2, 0.25) is 0 Å². The molecule has 0 spiro atoms. The van der Waals surface area contributed by atoms with Gasteiger partial charge in [-0.2, -0.15) is 36.9 Å². The Morgan fingerprint density at radius 2 is 1.09 bits per heavy atom. The van der Waals surface area contributed by atoms with Crippen LogP contribution in [0.3, 0.4) is 0 Å². The first-order valence-corrected chi connectivity index (χ1v) is 25.5. The molecule has 0 aliphatic carbocycles. The number of amides is 4. The van der Waals surface area contributed by atoms with E-state index in [1.807, 2.05) is 6.07 Å². The van der Waals surface area contributed by atoms with Gasteiger partial charge in [0.15, 0.2) is 0 Å². The van der Waals surface area contributed by atoms with E-state index < -0.39 is 84.2 Å². The van der Waals surface area contributed by atoms with Crippen molar-refractivity contribution in [1.29, 1.82) is 10.5 Å². The van der Waals surface area contributed by atoms with Crippen LogP contribution in [0.2, 0.25) is 0 Å². The van der Waals surface area contributed by atoms with Gasteiger partial charge in [0, 0.05) is 24.5 Å². The number of esters is 2. The van der Waals surface area contributed by atoms with Gasteiger partial charge in [-0.05, 0) is 105 Å². The van der Waals surface area contributed by atoms with Crippen LogP contribution in [-0.4, -0.2) is 89.6 Å². The molecular formula is C57H62F6N6O8. The van der Waals surface area contributed by atoms with Crippen molar-refractivity contribution in [2.45, 2.75) is 115 Å². The van der Waals surface area contributed by atoms with Gasteiger partial charge in [-0.15, -0.1) is 0 Å². The number of alkyl halides is 6. The molecule has 410 valence electrons. The maximum atomic E-state index is 14.7. The largest absolute Gasteiger partial charge is 0.463 e. The lowest BCUT2D eigenvalue weighted by molar-refractivity contribution is -0.162. The predicted molar refractivity (Wildman–Crippen MR) is 272 cm³/mol. The van der Waals surface area contributed by atoms with Crippen LogP contribution in [0.1, 0.15) is 130 Å². The van der Waals surface area contributed by atoms with Crippen LogP contribution >= 0.6 is 0 Å². The summed E-state index contributed by atoms with van der Waals surface area (Å²) in [7, 11) is 0.